The fourth-order valence-corrected chi connectivity index (χ4v) is 4.99. The second-order valence-electron chi connectivity index (χ2n) is 6.93. The van der Waals surface area contributed by atoms with E-state index < -0.39 is 10.0 Å². The predicted molar refractivity (Wildman–Crippen MR) is 110 cm³/mol. The third kappa shape index (κ3) is 3.62. The number of fused-ring (bicyclic) bond motifs is 1. The normalized spacial score (nSPS) is 16.4. The maximum absolute atomic E-state index is 12.8. The Morgan fingerprint density at radius 3 is 2.41 bits per heavy atom. The largest absolute Gasteiger partial charge is 0.506 e. The van der Waals surface area contributed by atoms with E-state index in [0.717, 1.165) is 24.8 Å². The lowest BCUT2D eigenvalue weighted by Gasteiger charge is -2.25. The van der Waals surface area contributed by atoms with Gasteiger partial charge in [-0.25, -0.2) is 13.4 Å². The van der Waals surface area contributed by atoms with Crippen LogP contribution in [0, 0.1) is 11.3 Å². The zero-order valence-corrected chi connectivity index (χ0v) is 16.5. The Morgan fingerprint density at radius 1 is 1.07 bits per heavy atom. The molecule has 1 saturated heterocycles. The topological polar surface area (TPSA) is 110 Å². The van der Waals surface area contributed by atoms with Crippen LogP contribution in [0.4, 0.5) is 0 Å². The third-order valence-electron chi connectivity index (χ3n) is 5.06. The Labute approximate surface area is 169 Å². The fourth-order valence-electron chi connectivity index (χ4n) is 3.47. The molecule has 4 rings (SSSR count). The molecule has 0 aliphatic carbocycles. The summed E-state index contributed by atoms with van der Waals surface area (Å²) in [6.45, 7) is 1.06. The number of para-hydroxylation sites is 2. The molecule has 3 aromatic rings. The fraction of sp³-hybridized carbons (Fsp3) is 0.238. The van der Waals surface area contributed by atoms with E-state index in [9.17, 15) is 18.8 Å². The molecule has 0 unspecified atom stereocenters. The number of piperidine rings is 1. The van der Waals surface area contributed by atoms with Gasteiger partial charge in [-0.2, -0.15) is 9.57 Å². The van der Waals surface area contributed by atoms with Crippen molar-refractivity contribution < 1.29 is 13.5 Å². The maximum atomic E-state index is 12.8. The van der Waals surface area contributed by atoms with Crippen molar-refractivity contribution in [3.63, 3.8) is 0 Å². The number of aliphatic hydroxyl groups is 1. The predicted octanol–water partition coefficient (Wildman–Crippen LogP) is 3.69. The SMILES string of the molecule is N#CC(=C(O)c1ccc(S(=O)(=O)N2CCCCC2)cc1)c1nc2ccccc2[nH]1. The molecule has 148 valence electrons. The summed E-state index contributed by atoms with van der Waals surface area (Å²) in [5.41, 5.74) is 1.78. The molecule has 29 heavy (non-hydrogen) atoms. The number of hydrogen-bond donors (Lipinski definition) is 2. The van der Waals surface area contributed by atoms with Crippen molar-refractivity contribution in [1.82, 2.24) is 14.3 Å². The van der Waals surface area contributed by atoms with Gasteiger partial charge >= 0.3 is 0 Å². The number of hydrogen-bond acceptors (Lipinski definition) is 5. The van der Waals surface area contributed by atoms with Crippen LogP contribution in [0.25, 0.3) is 22.4 Å². The Bertz CT molecular complexity index is 1180. The van der Waals surface area contributed by atoms with E-state index in [4.69, 9.17) is 0 Å². The van der Waals surface area contributed by atoms with Crippen molar-refractivity contribution in [2.75, 3.05) is 13.1 Å². The molecular weight excluding hydrogens is 388 g/mol. The van der Waals surface area contributed by atoms with Crippen molar-refractivity contribution in [1.29, 1.82) is 5.26 Å². The van der Waals surface area contributed by atoms with E-state index in [1.807, 2.05) is 30.3 Å². The number of aliphatic hydroxyl groups excluding tert-OH is 1. The van der Waals surface area contributed by atoms with Crippen LogP contribution < -0.4 is 0 Å². The van der Waals surface area contributed by atoms with Crippen molar-refractivity contribution in [3.8, 4) is 6.07 Å². The number of benzene rings is 2. The molecule has 0 bridgehead atoms. The molecular formula is C21H20N4O3S. The average Bonchev–Trinajstić information content (AvgIpc) is 3.18. The van der Waals surface area contributed by atoms with Crippen LogP contribution in [-0.4, -0.2) is 40.9 Å². The lowest BCUT2D eigenvalue weighted by Crippen LogP contribution is -2.35. The van der Waals surface area contributed by atoms with Crippen molar-refractivity contribution in [2.24, 2.45) is 0 Å². The zero-order valence-electron chi connectivity index (χ0n) is 15.7. The van der Waals surface area contributed by atoms with Crippen molar-refractivity contribution in [2.45, 2.75) is 24.2 Å². The highest BCUT2D eigenvalue weighted by molar-refractivity contribution is 7.89. The minimum atomic E-state index is -3.55. The van der Waals surface area contributed by atoms with Crippen LogP contribution in [0.5, 0.6) is 0 Å². The molecule has 2 heterocycles. The van der Waals surface area contributed by atoms with Gasteiger partial charge in [0.25, 0.3) is 0 Å². The van der Waals surface area contributed by atoms with Gasteiger partial charge in [0.1, 0.15) is 17.4 Å². The first kappa shape index (κ1) is 19.2. The van der Waals surface area contributed by atoms with Gasteiger partial charge in [-0.05, 0) is 49.2 Å². The first-order valence-electron chi connectivity index (χ1n) is 9.40. The summed E-state index contributed by atoms with van der Waals surface area (Å²) < 4.78 is 27.0. The summed E-state index contributed by atoms with van der Waals surface area (Å²) in [6.07, 6.45) is 2.77. The molecule has 1 aliphatic rings. The summed E-state index contributed by atoms with van der Waals surface area (Å²) in [5, 5.41) is 20.2. The minimum Gasteiger partial charge on any atom is -0.506 e. The van der Waals surface area contributed by atoms with Crippen LogP contribution in [0.2, 0.25) is 0 Å². The van der Waals surface area contributed by atoms with Gasteiger partial charge in [-0.3, -0.25) is 0 Å². The first-order valence-corrected chi connectivity index (χ1v) is 10.8. The molecule has 0 atom stereocenters. The number of aromatic nitrogens is 2. The number of H-pyrrole nitrogens is 1. The second-order valence-corrected chi connectivity index (χ2v) is 8.87. The van der Waals surface area contributed by atoms with Crippen LogP contribution >= 0.6 is 0 Å². The standard InChI is InChI=1S/C21H20N4O3S/c22-14-17(21-23-18-6-2-3-7-19(18)24-21)20(26)15-8-10-16(11-9-15)29(27,28)25-12-4-1-5-13-25/h2-3,6-11,26H,1,4-5,12-13H2,(H,23,24). The van der Waals surface area contributed by atoms with Gasteiger partial charge in [0.2, 0.25) is 10.0 Å². The van der Waals surface area contributed by atoms with Crippen LogP contribution in [-0.2, 0) is 10.0 Å². The van der Waals surface area contributed by atoms with Crippen LogP contribution in [0.1, 0.15) is 30.7 Å². The molecule has 2 aromatic carbocycles. The third-order valence-corrected chi connectivity index (χ3v) is 6.97. The van der Waals surface area contributed by atoms with Gasteiger partial charge in [-0.1, -0.05) is 18.6 Å². The summed E-state index contributed by atoms with van der Waals surface area (Å²) >= 11 is 0. The van der Waals surface area contributed by atoms with Gasteiger partial charge < -0.3 is 10.1 Å². The summed E-state index contributed by atoms with van der Waals surface area (Å²) in [6, 6.07) is 15.2. The quantitative estimate of drug-likeness (QED) is 0.505. The van der Waals surface area contributed by atoms with Gasteiger partial charge in [-0.15, -0.1) is 0 Å². The molecule has 0 amide bonds. The lowest BCUT2D eigenvalue weighted by molar-refractivity contribution is 0.346. The van der Waals surface area contributed by atoms with Crippen molar-refractivity contribution in [3.05, 3.63) is 59.9 Å². The highest BCUT2D eigenvalue weighted by atomic mass is 32.2. The zero-order chi connectivity index (χ0) is 20.4. The number of nitriles is 1. The Morgan fingerprint density at radius 2 is 1.76 bits per heavy atom. The minimum absolute atomic E-state index is 0.00663. The van der Waals surface area contributed by atoms with E-state index in [-0.39, 0.29) is 22.1 Å². The van der Waals surface area contributed by atoms with Crippen LogP contribution in [0.15, 0.2) is 53.4 Å². The van der Waals surface area contributed by atoms with Gasteiger partial charge in [0.05, 0.1) is 15.9 Å². The smallest absolute Gasteiger partial charge is 0.243 e. The maximum Gasteiger partial charge on any atom is 0.243 e. The molecule has 7 nitrogen and oxygen atoms in total. The highest BCUT2D eigenvalue weighted by Crippen LogP contribution is 2.26. The number of sulfonamides is 1. The summed E-state index contributed by atoms with van der Waals surface area (Å²) in [4.78, 5) is 7.55. The summed E-state index contributed by atoms with van der Waals surface area (Å²) in [7, 11) is -3.55. The lowest BCUT2D eigenvalue weighted by atomic mass is 10.1. The second kappa shape index (κ2) is 7.70. The number of allylic oxidation sites excluding steroid dienone is 1. The molecule has 1 aliphatic heterocycles. The van der Waals surface area contributed by atoms with Gasteiger partial charge in [0.15, 0.2) is 5.82 Å². The highest BCUT2D eigenvalue weighted by Gasteiger charge is 2.26. The molecule has 0 spiro atoms. The van der Waals surface area contributed by atoms with Gasteiger partial charge in [0, 0.05) is 18.7 Å². The number of nitrogens with one attached hydrogen (secondary N) is 1. The molecule has 0 saturated carbocycles. The average molecular weight is 408 g/mol. The van der Waals surface area contributed by atoms with E-state index in [2.05, 4.69) is 9.97 Å². The first-order chi connectivity index (χ1) is 14.0. The number of imidazole rings is 1. The summed E-state index contributed by atoms with van der Waals surface area (Å²) in [5.74, 6) is 0.00434. The molecule has 0 radical (unpaired) electrons. The number of rotatable bonds is 4. The Hall–Kier alpha value is -3.15. The Balaban J connectivity index is 1.67. The Kier molecular flexibility index (Phi) is 5.09. The molecule has 2 N–H and O–H groups in total. The molecule has 1 fully saturated rings. The van der Waals surface area contributed by atoms with E-state index in [1.54, 1.807) is 0 Å². The van der Waals surface area contributed by atoms with E-state index in [0.29, 0.717) is 24.2 Å². The molecule has 1 aromatic heterocycles. The van der Waals surface area contributed by atoms with Crippen molar-refractivity contribution >= 4 is 32.4 Å². The number of nitrogens with zero attached hydrogens (tertiary/aromatic N) is 3. The van der Waals surface area contributed by atoms with E-state index >= 15 is 0 Å². The monoisotopic (exact) mass is 408 g/mol. The van der Waals surface area contributed by atoms with Crippen LogP contribution in [0.3, 0.4) is 0 Å². The number of aromatic amines is 1. The molecule has 8 heteroatoms. The van der Waals surface area contributed by atoms with E-state index in [1.165, 1.54) is 28.6 Å².